The van der Waals surface area contributed by atoms with E-state index in [4.69, 9.17) is 4.74 Å². The minimum absolute atomic E-state index is 0. The molecule has 9 heavy (non-hydrogen) atoms. The molecule has 0 saturated carbocycles. The zero-order chi connectivity index (χ0) is 5.91. The average molecular weight is 263 g/mol. The summed E-state index contributed by atoms with van der Waals surface area (Å²) in [6.45, 7) is 6.70. The maximum atomic E-state index is 4.84. The molecule has 53 valence electrons. The molecule has 0 rings (SSSR count). The van der Waals surface area contributed by atoms with Crippen LogP contribution in [0.1, 0.15) is 0 Å². The first-order chi connectivity index (χ1) is 3.06. The number of halogens is 1. The van der Waals surface area contributed by atoms with Gasteiger partial charge < -0.3 is 21.7 Å². The second kappa shape index (κ2) is 7.39. The van der Waals surface area contributed by atoms with Gasteiger partial charge in [-0.1, -0.05) is 19.6 Å². The van der Waals surface area contributed by atoms with E-state index in [0.29, 0.717) is 0 Å². The molecular weight excluding hydrogens is 249 g/mol. The summed E-state index contributed by atoms with van der Waals surface area (Å²) >= 11 is 0. The van der Waals surface area contributed by atoms with Gasteiger partial charge in [0.2, 0.25) is 0 Å². The molecule has 0 aliphatic rings. The Morgan fingerprint density at radius 2 is 1.56 bits per heavy atom. The van der Waals surface area contributed by atoms with Crippen LogP contribution < -0.4 is 17.0 Å². The molecule has 0 aromatic carbocycles. The monoisotopic (exact) mass is 260 g/mol. The maximum absolute atomic E-state index is 4.84. The Labute approximate surface area is 82.1 Å². The Morgan fingerprint density at radius 3 is 1.56 bits per heavy atom. The van der Waals surface area contributed by atoms with Gasteiger partial charge in [-0.25, -0.2) is 0 Å². The van der Waals surface area contributed by atoms with Gasteiger partial charge in [0.25, 0.3) is 0 Å². The normalized spacial score (nSPS) is 9.33. The summed E-state index contributed by atoms with van der Waals surface area (Å²) in [5.41, 5.74) is 0. The Bertz CT molecular complexity index is 55.4. The summed E-state index contributed by atoms with van der Waals surface area (Å²) in [5.74, 6) is 0. The van der Waals surface area contributed by atoms with E-state index in [1.807, 2.05) is 6.23 Å². The molecule has 0 aliphatic heterocycles. The van der Waals surface area contributed by atoms with E-state index in [0.717, 1.165) is 0 Å². The molecule has 0 amide bonds. The van der Waals surface area contributed by atoms with Gasteiger partial charge in [-0.15, -0.1) is 0 Å². The van der Waals surface area contributed by atoms with Gasteiger partial charge in [-0.05, 0) is 0 Å². The standard InChI is InChI=1S/C5H13OSi.BrH.Zn/c1-6-5-7(2,3)4;;/h5H,1-4H3;1H;/p-1. The first kappa shape index (κ1) is 16.7. The van der Waals surface area contributed by atoms with Crippen LogP contribution in [0.25, 0.3) is 0 Å². The van der Waals surface area contributed by atoms with Gasteiger partial charge >= 0.3 is 0 Å². The first-order valence-electron chi connectivity index (χ1n) is 2.43. The van der Waals surface area contributed by atoms with E-state index in [9.17, 15) is 0 Å². The van der Waals surface area contributed by atoms with Crippen molar-refractivity contribution in [3.05, 3.63) is 6.23 Å². The summed E-state index contributed by atoms with van der Waals surface area (Å²) < 4.78 is 4.84. The van der Waals surface area contributed by atoms with Crippen molar-refractivity contribution < 1.29 is 41.2 Å². The predicted octanol–water partition coefficient (Wildman–Crippen LogP) is -1.33. The first-order valence-corrected chi connectivity index (χ1v) is 6.01. The Kier molecular flexibility index (Phi) is 13.7. The number of hydrogen-bond acceptors (Lipinski definition) is 1. The molecule has 0 aromatic heterocycles. The summed E-state index contributed by atoms with van der Waals surface area (Å²) in [6.07, 6.45) is 1.95. The van der Waals surface area contributed by atoms with Crippen LogP contribution in [0.3, 0.4) is 0 Å². The van der Waals surface area contributed by atoms with Gasteiger partial charge in [0.1, 0.15) is 0 Å². The summed E-state index contributed by atoms with van der Waals surface area (Å²) in [7, 11) is 0.702. The molecule has 0 unspecified atom stereocenters. The van der Waals surface area contributed by atoms with Crippen LogP contribution in [-0.4, -0.2) is 15.2 Å². The fourth-order valence-corrected chi connectivity index (χ4v) is 1.06. The van der Waals surface area contributed by atoms with Crippen LogP contribution in [0.5, 0.6) is 0 Å². The average Bonchev–Trinajstić information content (AvgIpc) is 1.30. The van der Waals surface area contributed by atoms with Crippen molar-refractivity contribution in [2.75, 3.05) is 7.11 Å². The zero-order valence-electron chi connectivity index (χ0n) is 6.57. The molecule has 0 atom stereocenters. The third-order valence-electron chi connectivity index (χ3n) is 0.471. The quantitative estimate of drug-likeness (QED) is 0.561. The SMILES string of the molecule is CO[CH][Si](C)(C)C.[Br-].[Zn]. The van der Waals surface area contributed by atoms with Crippen LogP contribution in [0, 0.1) is 6.23 Å². The molecule has 0 bridgehead atoms. The summed E-state index contributed by atoms with van der Waals surface area (Å²) in [6, 6.07) is 0. The molecule has 1 nitrogen and oxygen atoms in total. The maximum Gasteiger partial charge on any atom is 0.0814 e. The van der Waals surface area contributed by atoms with E-state index >= 15 is 0 Å². The molecular formula is C5H13BrOSiZn-. The Hall–Kier alpha value is 1.28. The zero-order valence-corrected chi connectivity index (χ0v) is 12.1. The van der Waals surface area contributed by atoms with Crippen molar-refractivity contribution in [2.45, 2.75) is 19.6 Å². The minimum Gasteiger partial charge on any atom is -1.00 e. The van der Waals surface area contributed by atoms with Gasteiger partial charge in [0, 0.05) is 26.6 Å². The molecule has 0 N–H and O–H groups in total. The largest absolute Gasteiger partial charge is 1.00 e. The number of hydrogen-bond donors (Lipinski definition) is 0. The molecule has 0 saturated heterocycles. The van der Waals surface area contributed by atoms with Crippen LogP contribution in [0.4, 0.5) is 0 Å². The molecule has 0 fully saturated rings. The molecule has 1 radical (unpaired) electrons. The van der Waals surface area contributed by atoms with Gasteiger partial charge in [0.15, 0.2) is 0 Å². The van der Waals surface area contributed by atoms with Gasteiger partial charge in [-0.3, -0.25) is 0 Å². The van der Waals surface area contributed by atoms with Crippen LogP contribution in [-0.2, 0) is 24.2 Å². The topological polar surface area (TPSA) is 9.23 Å². The van der Waals surface area contributed by atoms with Crippen LogP contribution in [0.15, 0.2) is 0 Å². The molecule has 4 heteroatoms. The van der Waals surface area contributed by atoms with Crippen molar-refractivity contribution in [3.63, 3.8) is 0 Å². The second-order valence-corrected chi connectivity index (χ2v) is 7.69. The molecule has 0 aromatic rings. The molecule has 0 spiro atoms. The van der Waals surface area contributed by atoms with E-state index in [-0.39, 0.29) is 36.5 Å². The molecule has 0 aliphatic carbocycles. The van der Waals surface area contributed by atoms with E-state index in [2.05, 4.69) is 19.6 Å². The molecule has 0 heterocycles. The van der Waals surface area contributed by atoms with E-state index < -0.39 is 8.07 Å². The van der Waals surface area contributed by atoms with Crippen LogP contribution >= 0.6 is 0 Å². The van der Waals surface area contributed by atoms with E-state index in [1.54, 1.807) is 7.11 Å². The summed E-state index contributed by atoms with van der Waals surface area (Å²) in [4.78, 5) is 0. The van der Waals surface area contributed by atoms with Crippen molar-refractivity contribution >= 4 is 8.07 Å². The van der Waals surface area contributed by atoms with E-state index in [1.165, 1.54) is 0 Å². The van der Waals surface area contributed by atoms with Crippen molar-refractivity contribution in [1.82, 2.24) is 0 Å². The fourth-order valence-electron chi connectivity index (χ4n) is 0.354. The number of methoxy groups -OCH3 is 1. The van der Waals surface area contributed by atoms with Crippen molar-refractivity contribution in [2.24, 2.45) is 0 Å². The summed E-state index contributed by atoms with van der Waals surface area (Å²) in [5, 5.41) is 0. The Morgan fingerprint density at radius 1 is 1.22 bits per heavy atom. The third-order valence-corrected chi connectivity index (χ3v) is 1.41. The fraction of sp³-hybridized carbons (Fsp3) is 0.800. The minimum atomic E-state index is -1.00. The van der Waals surface area contributed by atoms with Gasteiger partial charge in [0.05, 0.1) is 14.3 Å². The van der Waals surface area contributed by atoms with Crippen molar-refractivity contribution in [1.29, 1.82) is 0 Å². The smallest absolute Gasteiger partial charge is 0.0814 e. The Balaban J connectivity index is -0.000000180. The van der Waals surface area contributed by atoms with Crippen LogP contribution in [0.2, 0.25) is 19.6 Å². The van der Waals surface area contributed by atoms with Gasteiger partial charge in [-0.2, -0.15) is 0 Å². The number of ether oxygens (including phenoxy) is 1. The third kappa shape index (κ3) is 17.6. The van der Waals surface area contributed by atoms with Crippen molar-refractivity contribution in [3.8, 4) is 0 Å². The predicted molar refractivity (Wildman–Crippen MR) is 34.7 cm³/mol. The number of rotatable bonds is 2. The second-order valence-electron chi connectivity index (χ2n) is 2.72.